The van der Waals surface area contributed by atoms with Crippen LogP contribution < -0.4 is 24.8 Å². The number of ether oxygens (including phenoxy) is 2. The molecule has 4 rings (SSSR count). The number of benzene rings is 3. The molecule has 42 heavy (non-hydrogen) atoms. The predicted molar refractivity (Wildman–Crippen MR) is 156 cm³/mol. The van der Waals surface area contributed by atoms with E-state index < -0.39 is 32.4 Å². The van der Waals surface area contributed by atoms with Crippen molar-refractivity contribution in [3.63, 3.8) is 0 Å². The number of nitro groups is 1. The Labute approximate surface area is 244 Å². The average Bonchev–Trinajstić information content (AvgIpc) is 3.49. The third-order valence-electron chi connectivity index (χ3n) is 5.63. The van der Waals surface area contributed by atoms with Crippen molar-refractivity contribution in [3.8, 4) is 11.5 Å². The van der Waals surface area contributed by atoms with Crippen LogP contribution in [-0.2, 0) is 14.8 Å². The number of methoxy groups -OCH3 is 2. The SMILES string of the molecule is COc1cc(/C=C(/NC(=O)c2ccccc2)C(=O)Nc2ccc(S(=O)(=O)Nc3nccs3)cc2)c([N+](=O)[O-])cc1OC. The summed E-state index contributed by atoms with van der Waals surface area (Å²) < 4.78 is 38.0. The molecule has 3 aromatic carbocycles. The predicted octanol–water partition coefficient (Wildman–Crippen LogP) is 4.28. The number of carbonyl (C=O) groups is 2. The Kier molecular flexibility index (Phi) is 9.14. The molecule has 0 unspecified atom stereocenters. The molecule has 1 heterocycles. The van der Waals surface area contributed by atoms with Crippen LogP contribution in [0.5, 0.6) is 11.5 Å². The highest BCUT2D eigenvalue weighted by Gasteiger charge is 2.22. The quantitative estimate of drug-likeness (QED) is 0.127. The number of thiazole rings is 1. The van der Waals surface area contributed by atoms with E-state index in [4.69, 9.17) is 9.47 Å². The maximum absolute atomic E-state index is 13.4. The lowest BCUT2D eigenvalue weighted by Gasteiger charge is -2.13. The largest absolute Gasteiger partial charge is 0.493 e. The number of nitrogens with zero attached hydrogens (tertiary/aromatic N) is 2. The van der Waals surface area contributed by atoms with Crippen LogP contribution in [0.4, 0.5) is 16.5 Å². The monoisotopic (exact) mass is 609 g/mol. The van der Waals surface area contributed by atoms with E-state index in [0.717, 1.165) is 23.5 Å². The molecule has 0 saturated carbocycles. The zero-order valence-electron chi connectivity index (χ0n) is 22.1. The fourth-order valence-electron chi connectivity index (χ4n) is 3.62. The molecule has 0 atom stereocenters. The van der Waals surface area contributed by atoms with Crippen LogP contribution in [0, 0.1) is 10.1 Å². The Bertz CT molecular complexity index is 1740. The van der Waals surface area contributed by atoms with Gasteiger partial charge in [0.1, 0.15) is 5.70 Å². The topological polar surface area (TPSA) is 179 Å². The van der Waals surface area contributed by atoms with Gasteiger partial charge in [-0.1, -0.05) is 18.2 Å². The number of nitrogens with one attached hydrogen (secondary N) is 3. The van der Waals surface area contributed by atoms with Crippen molar-refractivity contribution < 1.29 is 32.4 Å². The number of rotatable bonds is 11. The third kappa shape index (κ3) is 7.07. The second-order valence-electron chi connectivity index (χ2n) is 8.32. The number of carbonyl (C=O) groups excluding carboxylic acids is 2. The molecule has 1 aromatic heterocycles. The molecule has 0 fully saturated rings. The van der Waals surface area contributed by atoms with Crippen LogP contribution >= 0.6 is 11.3 Å². The van der Waals surface area contributed by atoms with Gasteiger partial charge in [-0.3, -0.25) is 24.4 Å². The van der Waals surface area contributed by atoms with Gasteiger partial charge < -0.3 is 20.1 Å². The summed E-state index contributed by atoms with van der Waals surface area (Å²) in [6.45, 7) is 0. The van der Waals surface area contributed by atoms with E-state index in [-0.39, 0.29) is 44.0 Å². The number of nitro benzene ring substituents is 1. The smallest absolute Gasteiger partial charge is 0.280 e. The van der Waals surface area contributed by atoms with Crippen LogP contribution in [0.15, 0.2) is 88.9 Å². The van der Waals surface area contributed by atoms with E-state index in [0.29, 0.717) is 0 Å². The molecule has 0 aliphatic heterocycles. The summed E-state index contributed by atoms with van der Waals surface area (Å²) >= 11 is 1.11. The first-order valence-electron chi connectivity index (χ1n) is 11.9. The summed E-state index contributed by atoms with van der Waals surface area (Å²) in [6, 6.07) is 15.7. The molecule has 0 spiro atoms. The summed E-state index contributed by atoms with van der Waals surface area (Å²) in [4.78, 5) is 41.3. The molecule has 4 aromatic rings. The van der Waals surface area contributed by atoms with Crippen molar-refractivity contribution >= 4 is 55.8 Å². The summed E-state index contributed by atoms with van der Waals surface area (Å²) in [5.41, 5.74) is -0.364. The van der Waals surface area contributed by atoms with Crippen LogP contribution in [0.25, 0.3) is 6.08 Å². The molecule has 15 heteroatoms. The van der Waals surface area contributed by atoms with Gasteiger partial charge in [0.15, 0.2) is 16.6 Å². The number of aromatic nitrogens is 1. The van der Waals surface area contributed by atoms with Crippen LogP contribution in [0.2, 0.25) is 0 Å². The van der Waals surface area contributed by atoms with Gasteiger partial charge in [0, 0.05) is 22.8 Å². The molecule has 0 saturated heterocycles. The molecular formula is C27H23N5O8S2. The minimum Gasteiger partial charge on any atom is -0.493 e. The Hall–Kier alpha value is -5.28. The first-order chi connectivity index (χ1) is 20.1. The number of sulfonamides is 1. The summed E-state index contributed by atoms with van der Waals surface area (Å²) in [5.74, 6) is -1.22. The zero-order chi connectivity index (χ0) is 30.3. The molecule has 2 amide bonds. The zero-order valence-corrected chi connectivity index (χ0v) is 23.7. The van der Waals surface area contributed by atoms with Gasteiger partial charge in [-0.2, -0.15) is 0 Å². The van der Waals surface area contributed by atoms with Crippen LogP contribution in [-0.4, -0.2) is 44.4 Å². The molecule has 3 N–H and O–H groups in total. The van der Waals surface area contributed by atoms with Gasteiger partial charge in [0.25, 0.3) is 27.5 Å². The van der Waals surface area contributed by atoms with Crippen molar-refractivity contribution in [2.24, 2.45) is 0 Å². The summed E-state index contributed by atoms with van der Waals surface area (Å²) in [7, 11) is -1.26. The first kappa shape index (κ1) is 29.7. The molecule has 0 radical (unpaired) electrons. The Morgan fingerprint density at radius 3 is 2.26 bits per heavy atom. The van der Waals surface area contributed by atoms with Gasteiger partial charge in [0.05, 0.1) is 35.7 Å². The fourth-order valence-corrected chi connectivity index (χ4v) is 5.41. The van der Waals surface area contributed by atoms with Crippen molar-refractivity contribution in [2.45, 2.75) is 4.90 Å². The van der Waals surface area contributed by atoms with Crippen LogP contribution in [0.3, 0.4) is 0 Å². The lowest BCUT2D eigenvalue weighted by Crippen LogP contribution is -2.30. The van der Waals surface area contributed by atoms with Crippen molar-refractivity contribution in [1.29, 1.82) is 0 Å². The summed E-state index contributed by atoms with van der Waals surface area (Å²) in [5, 5.41) is 18.7. The van der Waals surface area contributed by atoms with Gasteiger partial charge in [-0.05, 0) is 48.5 Å². The Morgan fingerprint density at radius 2 is 1.67 bits per heavy atom. The maximum Gasteiger partial charge on any atom is 0.280 e. The minimum absolute atomic E-state index is 0.0501. The fraction of sp³-hybridized carbons (Fsp3) is 0.0741. The summed E-state index contributed by atoms with van der Waals surface area (Å²) in [6.07, 6.45) is 2.59. The second kappa shape index (κ2) is 12.9. The van der Waals surface area contributed by atoms with Gasteiger partial charge in [-0.15, -0.1) is 11.3 Å². The number of hydrogen-bond donors (Lipinski definition) is 3. The van der Waals surface area contributed by atoms with Crippen LogP contribution in [0.1, 0.15) is 15.9 Å². The molecule has 0 aliphatic rings. The standard InChI is InChI=1S/C27H23N5O8S2/c1-39-23-15-18(22(32(35)36)16-24(23)40-2)14-21(30-25(33)17-6-4-3-5-7-17)26(34)29-19-8-10-20(11-9-19)42(37,38)31-27-28-12-13-41-27/h3-16H,1-2H3,(H,28,31)(H,29,34)(H,30,33)/b21-14+. The molecule has 216 valence electrons. The molecular weight excluding hydrogens is 586 g/mol. The van der Waals surface area contributed by atoms with E-state index in [2.05, 4.69) is 20.3 Å². The minimum atomic E-state index is -3.93. The van der Waals surface area contributed by atoms with E-state index in [1.165, 1.54) is 62.9 Å². The first-order valence-corrected chi connectivity index (χ1v) is 14.3. The third-order valence-corrected chi connectivity index (χ3v) is 7.81. The van der Waals surface area contributed by atoms with Crippen molar-refractivity contribution in [2.75, 3.05) is 24.3 Å². The van der Waals surface area contributed by atoms with E-state index in [1.807, 2.05) is 0 Å². The molecule has 13 nitrogen and oxygen atoms in total. The second-order valence-corrected chi connectivity index (χ2v) is 10.9. The highest BCUT2D eigenvalue weighted by Crippen LogP contribution is 2.35. The normalized spacial score (nSPS) is 11.3. The Balaban J connectivity index is 1.67. The van der Waals surface area contributed by atoms with E-state index >= 15 is 0 Å². The van der Waals surface area contributed by atoms with Crippen molar-refractivity contribution in [3.05, 3.63) is 105 Å². The lowest BCUT2D eigenvalue weighted by molar-refractivity contribution is -0.385. The maximum atomic E-state index is 13.4. The average molecular weight is 610 g/mol. The Morgan fingerprint density at radius 1 is 1.00 bits per heavy atom. The van der Waals surface area contributed by atoms with Gasteiger partial charge in [-0.25, -0.2) is 13.4 Å². The van der Waals surface area contributed by atoms with Crippen molar-refractivity contribution in [1.82, 2.24) is 10.3 Å². The van der Waals surface area contributed by atoms with Gasteiger partial charge >= 0.3 is 0 Å². The highest BCUT2D eigenvalue weighted by atomic mass is 32.2. The van der Waals surface area contributed by atoms with Gasteiger partial charge in [0.2, 0.25) is 0 Å². The molecule has 0 aliphatic carbocycles. The molecule has 0 bridgehead atoms. The number of anilines is 2. The lowest BCUT2D eigenvalue weighted by atomic mass is 10.1. The van der Waals surface area contributed by atoms with E-state index in [1.54, 1.807) is 23.6 Å². The highest BCUT2D eigenvalue weighted by molar-refractivity contribution is 7.93. The number of hydrogen-bond acceptors (Lipinski definition) is 10. The van der Waals surface area contributed by atoms with E-state index in [9.17, 15) is 28.1 Å². The number of amides is 2.